The first-order valence-electron chi connectivity index (χ1n) is 9.83. The van der Waals surface area contributed by atoms with Crippen molar-refractivity contribution in [2.45, 2.75) is 82.8 Å². The van der Waals surface area contributed by atoms with Gasteiger partial charge in [0.25, 0.3) is 0 Å². The highest BCUT2D eigenvalue weighted by atomic mass is 16.2. The van der Waals surface area contributed by atoms with Gasteiger partial charge in [0.1, 0.15) is 6.04 Å². The lowest BCUT2D eigenvalue weighted by Crippen LogP contribution is -2.56. The third kappa shape index (κ3) is 6.78. The Morgan fingerprint density at radius 3 is 2.38 bits per heavy atom. The molecule has 0 aromatic carbocycles. The average Bonchev–Trinajstić information content (AvgIpc) is 2.65. The predicted octanol–water partition coefficient (Wildman–Crippen LogP) is 0.855. The van der Waals surface area contributed by atoms with Gasteiger partial charge in [-0.1, -0.05) is 38.5 Å². The van der Waals surface area contributed by atoms with E-state index in [1.807, 2.05) is 0 Å². The Bertz CT molecular complexity index is 452. The van der Waals surface area contributed by atoms with Crippen molar-refractivity contribution in [1.82, 2.24) is 10.2 Å². The molecule has 0 saturated heterocycles. The Morgan fingerprint density at radius 2 is 1.85 bits per heavy atom. The minimum absolute atomic E-state index is 0.413. The summed E-state index contributed by atoms with van der Waals surface area (Å²) >= 11 is 0. The lowest BCUT2D eigenvalue weighted by atomic mass is 9.84. The zero-order valence-electron chi connectivity index (χ0n) is 16.2. The molecule has 1 aliphatic carbocycles. The maximum Gasteiger partial charge on any atom is 0.247 e. The van der Waals surface area contributed by atoms with Crippen molar-refractivity contribution < 1.29 is 14.4 Å². The highest BCUT2D eigenvalue weighted by Crippen LogP contribution is 2.27. The highest BCUT2D eigenvalue weighted by molar-refractivity contribution is 6.02. The summed E-state index contributed by atoms with van der Waals surface area (Å²) < 4.78 is 0. The number of nitrogens with one attached hydrogen (secondary N) is 1. The van der Waals surface area contributed by atoms with E-state index in [0.717, 1.165) is 43.4 Å². The summed E-state index contributed by atoms with van der Waals surface area (Å²) in [6, 6.07) is -2.25. The molecule has 0 aromatic heterocycles. The summed E-state index contributed by atoms with van der Waals surface area (Å²) in [6.45, 7) is 2.06. The topological polar surface area (TPSA) is 119 Å². The van der Waals surface area contributed by atoms with Crippen LogP contribution in [0.2, 0.25) is 0 Å². The van der Waals surface area contributed by atoms with E-state index in [1.54, 1.807) is 13.3 Å². The van der Waals surface area contributed by atoms with Gasteiger partial charge in [-0.05, 0) is 45.7 Å². The normalized spacial score (nSPS) is 18.8. The number of rotatable bonds is 11. The summed E-state index contributed by atoms with van der Waals surface area (Å²) in [5, 5.41) is 2.94. The van der Waals surface area contributed by atoms with E-state index in [-0.39, 0.29) is 0 Å². The predicted molar refractivity (Wildman–Crippen MR) is 102 cm³/mol. The number of nitrogens with zero attached hydrogens (tertiary/aromatic N) is 1. The summed E-state index contributed by atoms with van der Waals surface area (Å²) in [6.07, 6.45) is 10.1. The minimum Gasteiger partial charge on any atom is -0.330 e. The molecular weight excluding hydrogens is 332 g/mol. The van der Waals surface area contributed by atoms with Gasteiger partial charge in [-0.2, -0.15) is 0 Å². The molecule has 0 spiro atoms. The number of likely N-dealkylation sites (N-methyl/N-ethyl adjacent to an activating group) is 1. The van der Waals surface area contributed by atoms with Gasteiger partial charge in [-0.25, -0.2) is 0 Å². The van der Waals surface area contributed by atoms with Crippen LogP contribution < -0.4 is 16.8 Å². The van der Waals surface area contributed by atoms with Gasteiger partial charge < -0.3 is 16.8 Å². The number of hydrogen-bond acceptors (Lipinski definition) is 6. The molecule has 1 fully saturated rings. The molecule has 0 aliphatic heterocycles. The molecule has 2 amide bonds. The number of unbranched alkanes of at least 4 members (excludes halogenated alkanes) is 1. The van der Waals surface area contributed by atoms with E-state index in [0.29, 0.717) is 25.3 Å². The third-order valence-corrected chi connectivity index (χ3v) is 5.26. The molecule has 0 aromatic rings. The van der Waals surface area contributed by atoms with Crippen LogP contribution in [0.15, 0.2) is 0 Å². The molecule has 3 atom stereocenters. The molecule has 1 radical (unpaired) electrons. The van der Waals surface area contributed by atoms with Crippen LogP contribution in [-0.4, -0.2) is 54.7 Å². The van der Waals surface area contributed by atoms with Crippen molar-refractivity contribution in [3.63, 3.8) is 0 Å². The molecule has 5 N–H and O–H groups in total. The van der Waals surface area contributed by atoms with Crippen LogP contribution in [-0.2, 0) is 14.4 Å². The molecular formula is C19H35N4O3. The maximum atomic E-state index is 12.9. The van der Waals surface area contributed by atoms with E-state index in [9.17, 15) is 14.4 Å². The zero-order valence-corrected chi connectivity index (χ0v) is 16.2. The maximum absolute atomic E-state index is 12.9. The van der Waals surface area contributed by atoms with Gasteiger partial charge in [-0.15, -0.1) is 0 Å². The molecule has 0 heterocycles. The van der Waals surface area contributed by atoms with Gasteiger partial charge in [0.05, 0.1) is 12.1 Å². The fourth-order valence-electron chi connectivity index (χ4n) is 3.66. The SMILES string of the molecule is CN[C@@H](CCCCN)C(=O)N(C(=O)[C@@H](N)CC1CCCCC1)[C@@H](C)[C]=O. The summed E-state index contributed by atoms with van der Waals surface area (Å²) in [7, 11) is 1.67. The lowest BCUT2D eigenvalue weighted by Gasteiger charge is -2.31. The lowest BCUT2D eigenvalue weighted by molar-refractivity contribution is -0.148. The van der Waals surface area contributed by atoms with Crippen molar-refractivity contribution in [2.24, 2.45) is 17.4 Å². The van der Waals surface area contributed by atoms with E-state index in [4.69, 9.17) is 11.5 Å². The fourth-order valence-corrected chi connectivity index (χ4v) is 3.66. The van der Waals surface area contributed by atoms with Crippen LogP contribution in [0.25, 0.3) is 0 Å². The third-order valence-electron chi connectivity index (χ3n) is 5.26. The van der Waals surface area contributed by atoms with Crippen molar-refractivity contribution >= 4 is 18.1 Å². The average molecular weight is 368 g/mol. The fraction of sp³-hybridized carbons (Fsp3) is 0.842. The van der Waals surface area contributed by atoms with Crippen LogP contribution in [0.5, 0.6) is 0 Å². The number of carbonyl (C=O) groups excluding carboxylic acids is 3. The molecule has 7 heteroatoms. The Hall–Kier alpha value is -1.31. The molecule has 149 valence electrons. The van der Waals surface area contributed by atoms with Gasteiger partial charge in [-0.3, -0.25) is 19.3 Å². The van der Waals surface area contributed by atoms with Crippen molar-refractivity contribution in [1.29, 1.82) is 0 Å². The smallest absolute Gasteiger partial charge is 0.247 e. The van der Waals surface area contributed by atoms with Gasteiger partial charge in [0.2, 0.25) is 18.1 Å². The van der Waals surface area contributed by atoms with E-state index < -0.39 is 29.9 Å². The summed E-state index contributed by atoms with van der Waals surface area (Å²) in [5.74, 6) is -0.472. The first-order chi connectivity index (χ1) is 12.5. The first kappa shape index (κ1) is 22.7. The van der Waals surface area contributed by atoms with Gasteiger partial charge in [0, 0.05) is 0 Å². The second-order valence-corrected chi connectivity index (χ2v) is 7.31. The molecule has 1 saturated carbocycles. The van der Waals surface area contributed by atoms with Crippen LogP contribution >= 0.6 is 0 Å². The molecule has 0 unspecified atom stereocenters. The molecule has 1 rings (SSSR count). The van der Waals surface area contributed by atoms with Gasteiger partial charge in [0.15, 0.2) is 0 Å². The molecule has 1 aliphatic rings. The second kappa shape index (κ2) is 12.1. The van der Waals surface area contributed by atoms with Crippen molar-refractivity contribution in [2.75, 3.05) is 13.6 Å². The zero-order chi connectivity index (χ0) is 19.5. The van der Waals surface area contributed by atoms with E-state index in [1.165, 1.54) is 13.3 Å². The number of hydrogen-bond donors (Lipinski definition) is 3. The van der Waals surface area contributed by atoms with Crippen molar-refractivity contribution in [3.05, 3.63) is 0 Å². The van der Waals surface area contributed by atoms with Crippen LogP contribution in [0.4, 0.5) is 0 Å². The molecule has 0 bridgehead atoms. The number of nitrogens with two attached hydrogens (primary N) is 2. The quantitative estimate of drug-likeness (QED) is 0.466. The number of amides is 2. The largest absolute Gasteiger partial charge is 0.330 e. The Morgan fingerprint density at radius 1 is 1.19 bits per heavy atom. The monoisotopic (exact) mass is 367 g/mol. The highest BCUT2D eigenvalue weighted by Gasteiger charge is 2.35. The van der Waals surface area contributed by atoms with Crippen LogP contribution in [0, 0.1) is 5.92 Å². The first-order valence-corrected chi connectivity index (χ1v) is 9.83. The number of carbonyl (C=O) groups is 2. The molecule has 7 nitrogen and oxygen atoms in total. The Labute approximate surface area is 157 Å². The van der Waals surface area contributed by atoms with Crippen LogP contribution in [0.1, 0.15) is 64.7 Å². The molecule has 26 heavy (non-hydrogen) atoms. The van der Waals surface area contributed by atoms with E-state index in [2.05, 4.69) is 5.32 Å². The second-order valence-electron chi connectivity index (χ2n) is 7.31. The number of imide groups is 1. The van der Waals surface area contributed by atoms with E-state index >= 15 is 0 Å². The van der Waals surface area contributed by atoms with Crippen LogP contribution in [0.3, 0.4) is 0 Å². The van der Waals surface area contributed by atoms with Gasteiger partial charge >= 0.3 is 0 Å². The Kier molecular flexibility index (Phi) is 10.6. The Balaban J connectivity index is 2.80. The summed E-state index contributed by atoms with van der Waals surface area (Å²) in [4.78, 5) is 37.9. The standard InChI is InChI=1S/C19H35N4O3/c1-14(13-24)23(19(26)17(22-2)10-6-7-11-20)18(25)16(21)12-15-8-4-3-5-9-15/h14-17,22H,3-12,20-21H2,1-2H3/t14-,16-,17-/m0/s1. The minimum atomic E-state index is -0.947. The summed E-state index contributed by atoms with van der Waals surface area (Å²) in [5.41, 5.74) is 11.6. The van der Waals surface area contributed by atoms with Crippen molar-refractivity contribution in [3.8, 4) is 0 Å².